The van der Waals surface area contributed by atoms with Crippen LogP contribution in [0.4, 0.5) is 5.69 Å². The number of benzene rings is 1. The van der Waals surface area contributed by atoms with Crippen molar-refractivity contribution < 1.29 is 9.59 Å². The number of nitrogens with two attached hydrogens (primary N) is 1. The molecule has 0 bridgehead atoms. The van der Waals surface area contributed by atoms with Crippen molar-refractivity contribution in [3.8, 4) is 0 Å². The molecule has 0 saturated heterocycles. The number of rotatable bonds is 4. The molecule has 0 heterocycles. The summed E-state index contributed by atoms with van der Waals surface area (Å²) in [5.41, 5.74) is 7.59. The van der Waals surface area contributed by atoms with Crippen molar-refractivity contribution in [3.05, 3.63) is 29.3 Å². The zero-order valence-corrected chi connectivity index (χ0v) is 14.2. The Morgan fingerprint density at radius 2 is 1.87 bits per heavy atom. The highest BCUT2D eigenvalue weighted by molar-refractivity contribution is 6.01. The molecular weight excluding hydrogens is 314 g/mol. The maximum Gasteiger partial charge on any atom is 0.251 e. The second-order valence-corrected chi connectivity index (χ2v) is 6.59. The maximum atomic E-state index is 12.4. The minimum Gasteiger partial charge on any atom is -0.349 e. The highest BCUT2D eigenvalue weighted by atomic mass is 35.5. The minimum absolute atomic E-state index is 0. The molecule has 0 spiro atoms. The number of aryl methyl sites for hydroxylation is 1. The largest absolute Gasteiger partial charge is 0.349 e. The molecule has 2 fully saturated rings. The van der Waals surface area contributed by atoms with Gasteiger partial charge in [-0.1, -0.05) is 18.9 Å². The first-order valence-corrected chi connectivity index (χ1v) is 8.00. The third-order valence-electron chi connectivity index (χ3n) is 4.61. The summed E-state index contributed by atoms with van der Waals surface area (Å²) < 4.78 is 0. The number of halogens is 1. The fourth-order valence-electron chi connectivity index (χ4n) is 2.87. The molecule has 2 saturated carbocycles. The van der Waals surface area contributed by atoms with Crippen LogP contribution in [0.25, 0.3) is 0 Å². The molecule has 0 radical (unpaired) electrons. The number of carbonyl (C=O) groups is 2. The lowest BCUT2D eigenvalue weighted by Crippen LogP contribution is -2.48. The predicted molar refractivity (Wildman–Crippen MR) is 92.9 cm³/mol. The number of nitrogens with one attached hydrogen (secondary N) is 2. The summed E-state index contributed by atoms with van der Waals surface area (Å²) in [6.07, 6.45) is 5.53. The Hall–Kier alpha value is -1.59. The molecule has 2 aliphatic rings. The van der Waals surface area contributed by atoms with Crippen molar-refractivity contribution in [2.75, 3.05) is 5.32 Å². The summed E-state index contributed by atoms with van der Waals surface area (Å²) in [6, 6.07) is 5.70. The Labute approximate surface area is 142 Å². The monoisotopic (exact) mass is 337 g/mol. The van der Waals surface area contributed by atoms with Crippen molar-refractivity contribution >= 4 is 29.9 Å². The van der Waals surface area contributed by atoms with Crippen molar-refractivity contribution in [1.29, 1.82) is 0 Å². The van der Waals surface area contributed by atoms with Gasteiger partial charge < -0.3 is 16.4 Å². The van der Waals surface area contributed by atoms with E-state index < -0.39 is 5.54 Å². The number of hydrogen-bond donors (Lipinski definition) is 3. The molecule has 0 atom stereocenters. The second-order valence-electron chi connectivity index (χ2n) is 6.59. The van der Waals surface area contributed by atoms with Crippen LogP contribution in [0.5, 0.6) is 0 Å². The first-order valence-electron chi connectivity index (χ1n) is 8.00. The zero-order valence-electron chi connectivity index (χ0n) is 13.4. The van der Waals surface area contributed by atoms with Crippen LogP contribution in [0.3, 0.4) is 0 Å². The lowest BCUT2D eigenvalue weighted by atomic mass is 9.97. The number of carbonyl (C=O) groups excluding carboxylic acids is 2. The van der Waals surface area contributed by atoms with E-state index in [1.165, 1.54) is 0 Å². The van der Waals surface area contributed by atoms with E-state index in [9.17, 15) is 9.59 Å². The normalized spacial score (nSPS) is 18.9. The Balaban J connectivity index is 0.00000192. The van der Waals surface area contributed by atoms with Crippen molar-refractivity contribution in [2.45, 2.75) is 57.0 Å². The Morgan fingerprint density at radius 3 is 2.48 bits per heavy atom. The van der Waals surface area contributed by atoms with Gasteiger partial charge in [0.15, 0.2) is 0 Å². The van der Waals surface area contributed by atoms with E-state index in [-0.39, 0.29) is 24.2 Å². The molecule has 1 aromatic carbocycles. The highest BCUT2D eigenvalue weighted by Gasteiger charge is 2.37. The van der Waals surface area contributed by atoms with Crippen LogP contribution < -0.4 is 16.4 Å². The van der Waals surface area contributed by atoms with Crippen LogP contribution in [-0.4, -0.2) is 23.4 Å². The molecule has 0 aromatic heterocycles. The maximum absolute atomic E-state index is 12.4. The van der Waals surface area contributed by atoms with E-state index in [0.717, 1.165) is 44.1 Å². The van der Waals surface area contributed by atoms with Gasteiger partial charge in [-0.3, -0.25) is 9.59 Å². The van der Waals surface area contributed by atoms with Crippen LogP contribution in [-0.2, 0) is 4.79 Å². The fourth-order valence-corrected chi connectivity index (χ4v) is 2.87. The van der Waals surface area contributed by atoms with Crippen LogP contribution >= 0.6 is 12.4 Å². The molecule has 6 heteroatoms. The lowest BCUT2D eigenvalue weighted by Gasteiger charge is -2.23. The molecule has 2 amide bonds. The van der Waals surface area contributed by atoms with E-state index >= 15 is 0 Å². The van der Waals surface area contributed by atoms with E-state index in [1.54, 1.807) is 12.1 Å². The van der Waals surface area contributed by atoms with Gasteiger partial charge in [-0.25, -0.2) is 0 Å². The van der Waals surface area contributed by atoms with E-state index in [2.05, 4.69) is 10.6 Å². The molecule has 0 unspecified atom stereocenters. The molecule has 2 aliphatic carbocycles. The summed E-state index contributed by atoms with van der Waals surface area (Å²) in [5, 5.41) is 5.87. The Bertz CT molecular complexity index is 608. The van der Waals surface area contributed by atoms with Gasteiger partial charge in [0.1, 0.15) is 0 Å². The fraction of sp³-hybridized carbons (Fsp3) is 0.529. The number of anilines is 1. The standard InChI is InChI=1S/C17H23N3O2.ClH/c1-11-4-5-12(15(21)19-13-6-7-13)10-14(11)20-16(22)17(18)8-2-3-9-17;/h4-5,10,13H,2-3,6-9,18H2,1H3,(H,19,21)(H,20,22);1H. The predicted octanol–water partition coefficient (Wildman–Crippen LogP) is 2.52. The van der Waals surface area contributed by atoms with E-state index in [0.29, 0.717) is 17.3 Å². The van der Waals surface area contributed by atoms with E-state index in [4.69, 9.17) is 5.73 Å². The summed E-state index contributed by atoms with van der Waals surface area (Å²) in [7, 11) is 0. The molecule has 5 nitrogen and oxygen atoms in total. The molecule has 23 heavy (non-hydrogen) atoms. The van der Waals surface area contributed by atoms with Gasteiger partial charge >= 0.3 is 0 Å². The van der Waals surface area contributed by atoms with Crippen LogP contribution in [0.15, 0.2) is 18.2 Å². The Kier molecular flexibility index (Phi) is 5.32. The summed E-state index contributed by atoms with van der Waals surface area (Å²) in [6.45, 7) is 1.91. The van der Waals surface area contributed by atoms with Gasteiger partial charge in [-0.15, -0.1) is 12.4 Å². The van der Waals surface area contributed by atoms with Crippen LogP contribution in [0.1, 0.15) is 54.4 Å². The summed E-state index contributed by atoms with van der Waals surface area (Å²) >= 11 is 0. The third kappa shape index (κ3) is 4.03. The number of hydrogen-bond acceptors (Lipinski definition) is 3. The first-order chi connectivity index (χ1) is 10.5. The van der Waals surface area contributed by atoms with Crippen molar-refractivity contribution in [2.24, 2.45) is 5.73 Å². The molecule has 4 N–H and O–H groups in total. The second kappa shape index (κ2) is 6.89. The van der Waals surface area contributed by atoms with Crippen LogP contribution in [0.2, 0.25) is 0 Å². The SMILES string of the molecule is Cc1ccc(C(=O)NC2CC2)cc1NC(=O)C1(N)CCCC1.Cl. The zero-order chi connectivity index (χ0) is 15.7. The van der Waals surface area contributed by atoms with Crippen LogP contribution in [0, 0.1) is 6.92 Å². The van der Waals surface area contributed by atoms with Crippen molar-refractivity contribution in [3.63, 3.8) is 0 Å². The number of amides is 2. The van der Waals surface area contributed by atoms with Gasteiger partial charge in [0, 0.05) is 17.3 Å². The van der Waals surface area contributed by atoms with Gasteiger partial charge in [-0.2, -0.15) is 0 Å². The molecule has 3 rings (SSSR count). The van der Waals surface area contributed by atoms with Gasteiger partial charge in [0.25, 0.3) is 5.91 Å². The van der Waals surface area contributed by atoms with Crippen molar-refractivity contribution in [1.82, 2.24) is 5.32 Å². The topological polar surface area (TPSA) is 84.2 Å². The summed E-state index contributed by atoms with van der Waals surface area (Å²) in [5.74, 6) is -0.228. The molecule has 126 valence electrons. The smallest absolute Gasteiger partial charge is 0.251 e. The molecule has 0 aliphatic heterocycles. The Morgan fingerprint density at radius 1 is 1.22 bits per heavy atom. The quantitative estimate of drug-likeness (QED) is 0.789. The minimum atomic E-state index is -0.765. The average molecular weight is 338 g/mol. The molecule has 1 aromatic rings. The highest BCUT2D eigenvalue weighted by Crippen LogP contribution is 2.29. The lowest BCUT2D eigenvalue weighted by molar-refractivity contribution is -0.121. The summed E-state index contributed by atoms with van der Waals surface area (Å²) in [4.78, 5) is 24.5. The third-order valence-corrected chi connectivity index (χ3v) is 4.61. The van der Waals surface area contributed by atoms with Gasteiger partial charge in [0.2, 0.25) is 5.91 Å². The van der Waals surface area contributed by atoms with E-state index in [1.807, 2.05) is 13.0 Å². The average Bonchev–Trinajstić information content (AvgIpc) is 3.19. The van der Waals surface area contributed by atoms with Gasteiger partial charge in [-0.05, 0) is 50.3 Å². The first kappa shape index (κ1) is 17.8. The molecular formula is C17H24ClN3O2. The van der Waals surface area contributed by atoms with Gasteiger partial charge in [0.05, 0.1) is 5.54 Å².